The molecule has 0 aromatic heterocycles. The van der Waals surface area contributed by atoms with Crippen LogP contribution in [0.25, 0.3) is 0 Å². The lowest BCUT2D eigenvalue weighted by Crippen LogP contribution is -2.35. The number of aliphatic hydroxyl groups excluding tert-OH is 2. The van der Waals surface area contributed by atoms with Crippen molar-refractivity contribution in [3.63, 3.8) is 0 Å². The van der Waals surface area contributed by atoms with E-state index in [9.17, 15) is 19.5 Å². The van der Waals surface area contributed by atoms with Gasteiger partial charge in [0.25, 0.3) is 0 Å². The highest BCUT2D eigenvalue weighted by Crippen LogP contribution is 2.36. The third-order valence-electron chi connectivity index (χ3n) is 4.74. The largest absolute Gasteiger partial charge is 0.458 e. The van der Waals surface area contributed by atoms with Gasteiger partial charge in [0.05, 0.1) is 18.1 Å². The van der Waals surface area contributed by atoms with Crippen LogP contribution in [0.3, 0.4) is 0 Å². The Morgan fingerprint density at radius 1 is 1.52 bits per heavy atom. The molecule has 1 fully saturated rings. The van der Waals surface area contributed by atoms with Crippen molar-refractivity contribution in [2.75, 3.05) is 6.61 Å². The predicted molar refractivity (Wildman–Crippen MR) is 96.4 cm³/mol. The maximum Gasteiger partial charge on any atom is 0.336 e. The summed E-state index contributed by atoms with van der Waals surface area (Å²) in [5, 5.41) is 18.6. The van der Waals surface area contributed by atoms with E-state index in [-0.39, 0.29) is 11.1 Å². The number of hydrogen-bond donors (Lipinski definition) is 2. The zero-order chi connectivity index (χ0) is 20.1. The first-order valence-corrected chi connectivity index (χ1v) is 8.68. The van der Waals surface area contributed by atoms with Crippen molar-refractivity contribution in [1.29, 1.82) is 0 Å². The molecule has 0 aromatic rings. The molecule has 7 nitrogen and oxygen atoms in total. The summed E-state index contributed by atoms with van der Waals surface area (Å²) in [6.07, 6.45) is 2.68. The van der Waals surface area contributed by atoms with Crippen LogP contribution in [0.2, 0.25) is 0 Å². The number of aldehydes is 1. The van der Waals surface area contributed by atoms with Gasteiger partial charge >= 0.3 is 11.9 Å². The van der Waals surface area contributed by atoms with Crippen molar-refractivity contribution in [2.24, 2.45) is 5.92 Å². The number of allylic oxidation sites excluding steroid dienone is 2. The van der Waals surface area contributed by atoms with Crippen LogP contribution in [-0.4, -0.2) is 53.4 Å². The lowest BCUT2D eigenvalue weighted by atomic mass is 9.85. The van der Waals surface area contributed by atoms with Crippen molar-refractivity contribution in [1.82, 2.24) is 0 Å². The number of fused-ring (bicyclic) bond motifs is 1. The molecule has 2 rings (SSSR count). The summed E-state index contributed by atoms with van der Waals surface area (Å²) in [4.78, 5) is 35.7. The SMILES string of the molecule is C=C(C(=O)OC1CC(C)=CCCC(C=O)=CC2OC(=O)C(=C)C21)C(O)CO. The molecule has 4 unspecified atom stereocenters. The quantitative estimate of drug-likeness (QED) is 0.321. The van der Waals surface area contributed by atoms with Gasteiger partial charge in [-0.3, -0.25) is 4.79 Å². The molecule has 1 aliphatic carbocycles. The molecule has 0 saturated carbocycles. The van der Waals surface area contributed by atoms with E-state index >= 15 is 0 Å². The summed E-state index contributed by atoms with van der Waals surface area (Å²) in [6.45, 7) is 8.41. The molecule has 0 radical (unpaired) electrons. The van der Waals surface area contributed by atoms with Gasteiger partial charge in [0.2, 0.25) is 0 Å². The molecular formula is C20H24O7. The third-order valence-corrected chi connectivity index (χ3v) is 4.74. The van der Waals surface area contributed by atoms with E-state index < -0.39 is 42.8 Å². The van der Waals surface area contributed by atoms with Crippen molar-refractivity contribution in [3.8, 4) is 0 Å². The second-order valence-electron chi connectivity index (χ2n) is 6.74. The average molecular weight is 376 g/mol. The Balaban J connectivity index is 2.37. The summed E-state index contributed by atoms with van der Waals surface area (Å²) >= 11 is 0. The number of hydrogen-bond acceptors (Lipinski definition) is 7. The first-order valence-electron chi connectivity index (χ1n) is 8.68. The van der Waals surface area contributed by atoms with E-state index in [2.05, 4.69) is 13.2 Å². The second-order valence-corrected chi connectivity index (χ2v) is 6.74. The number of ether oxygens (including phenoxy) is 2. The van der Waals surface area contributed by atoms with Gasteiger partial charge in [-0.2, -0.15) is 0 Å². The highest BCUT2D eigenvalue weighted by atomic mass is 16.6. The summed E-state index contributed by atoms with van der Waals surface area (Å²) in [5.41, 5.74) is 1.27. The van der Waals surface area contributed by atoms with Crippen LogP contribution in [0, 0.1) is 5.92 Å². The standard InChI is InChI=1S/C20H24O7/c1-11-5-4-6-14(9-21)8-17-18(13(3)20(25)27-17)16(7-11)26-19(24)12(2)15(23)10-22/h5,8-9,15-18,22-23H,2-4,6-7,10H2,1H3. The number of esters is 2. The molecule has 1 aliphatic heterocycles. The molecule has 0 aromatic carbocycles. The van der Waals surface area contributed by atoms with E-state index in [0.29, 0.717) is 24.8 Å². The van der Waals surface area contributed by atoms with E-state index in [4.69, 9.17) is 14.6 Å². The van der Waals surface area contributed by atoms with E-state index in [1.807, 2.05) is 13.0 Å². The highest BCUT2D eigenvalue weighted by molar-refractivity contribution is 5.92. The number of carbonyl (C=O) groups excluding carboxylic acids is 3. The van der Waals surface area contributed by atoms with Crippen LogP contribution in [0.5, 0.6) is 0 Å². The smallest absolute Gasteiger partial charge is 0.336 e. The van der Waals surface area contributed by atoms with Crippen molar-refractivity contribution in [3.05, 3.63) is 47.6 Å². The maximum absolute atomic E-state index is 12.3. The first-order chi connectivity index (χ1) is 12.8. The fourth-order valence-electron chi connectivity index (χ4n) is 3.16. The topological polar surface area (TPSA) is 110 Å². The van der Waals surface area contributed by atoms with Gasteiger partial charge in [0.15, 0.2) is 0 Å². The molecular weight excluding hydrogens is 352 g/mol. The molecule has 27 heavy (non-hydrogen) atoms. The Morgan fingerprint density at radius 3 is 2.85 bits per heavy atom. The summed E-state index contributed by atoms with van der Waals surface area (Å²) < 4.78 is 10.8. The van der Waals surface area contributed by atoms with Crippen molar-refractivity contribution < 1.29 is 34.1 Å². The minimum Gasteiger partial charge on any atom is -0.458 e. The number of aliphatic hydroxyl groups is 2. The third kappa shape index (κ3) is 4.81. The Bertz CT molecular complexity index is 716. The van der Waals surface area contributed by atoms with Gasteiger partial charge < -0.3 is 19.7 Å². The molecule has 0 bridgehead atoms. The molecule has 2 N–H and O–H groups in total. The van der Waals surface area contributed by atoms with E-state index in [1.54, 1.807) is 6.08 Å². The van der Waals surface area contributed by atoms with Crippen LogP contribution < -0.4 is 0 Å². The highest BCUT2D eigenvalue weighted by Gasteiger charge is 2.44. The van der Waals surface area contributed by atoms with Gasteiger partial charge in [0, 0.05) is 12.0 Å². The fourth-order valence-corrected chi connectivity index (χ4v) is 3.16. The lowest BCUT2D eigenvalue weighted by molar-refractivity contribution is -0.148. The maximum atomic E-state index is 12.3. The van der Waals surface area contributed by atoms with Gasteiger partial charge in [-0.05, 0) is 31.4 Å². The number of rotatable bonds is 5. The van der Waals surface area contributed by atoms with Crippen LogP contribution in [0.1, 0.15) is 26.2 Å². The van der Waals surface area contributed by atoms with Crippen LogP contribution in [-0.2, 0) is 23.9 Å². The average Bonchev–Trinajstić information content (AvgIpc) is 2.92. The lowest BCUT2D eigenvalue weighted by Gasteiger charge is -2.27. The zero-order valence-corrected chi connectivity index (χ0v) is 15.2. The molecule has 2 aliphatic rings. The predicted octanol–water partition coefficient (Wildman–Crippen LogP) is 1.16. The van der Waals surface area contributed by atoms with E-state index in [0.717, 1.165) is 11.9 Å². The summed E-state index contributed by atoms with van der Waals surface area (Å²) in [5.74, 6) is -2.16. The normalized spacial score (nSPS) is 26.9. The molecule has 4 atom stereocenters. The second kappa shape index (κ2) is 8.92. The molecule has 1 heterocycles. The van der Waals surface area contributed by atoms with Crippen molar-refractivity contribution >= 4 is 18.2 Å². The van der Waals surface area contributed by atoms with Crippen LogP contribution >= 0.6 is 0 Å². The van der Waals surface area contributed by atoms with Gasteiger partial charge in [-0.1, -0.05) is 24.8 Å². The molecule has 1 saturated heterocycles. The summed E-state index contributed by atoms with van der Waals surface area (Å²) in [7, 11) is 0. The van der Waals surface area contributed by atoms with Gasteiger partial charge in [0.1, 0.15) is 24.6 Å². The monoisotopic (exact) mass is 376 g/mol. The Hall–Kier alpha value is -2.51. The minimum absolute atomic E-state index is 0.154. The number of carbonyl (C=O) groups is 3. The van der Waals surface area contributed by atoms with Crippen LogP contribution in [0.15, 0.2) is 47.6 Å². The van der Waals surface area contributed by atoms with Crippen LogP contribution in [0.4, 0.5) is 0 Å². The molecule has 7 heteroatoms. The first kappa shape index (κ1) is 20.8. The van der Waals surface area contributed by atoms with E-state index in [1.165, 1.54) is 0 Å². The molecule has 146 valence electrons. The van der Waals surface area contributed by atoms with Crippen molar-refractivity contribution in [2.45, 2.75) is 44.5 Å². The Kier molecular flexibility index (Phi) is 6.87. The van der Waals surface area contributed by atoms with Gasteiger partial charge in [-0.25, -0.2) is 9.59 Å². The Labute approximate surface area is 157 Å². The zero-order valence-electron chi connectivity index (χ0n) is 15.2. The fraction of sp³-hybridized carbons (Fsp3) is 0.450. The Morgan fingerprint density at radius 2 is 2.22 bits per heavy atom. The van der Waals surface area contributed by atoms with Gasteiger partial charge in [-0.15, -0.1) is 0 Å². The molecule has 0 spiro atoms. The molecule has 0 amide bonds. The minimum atomic E-state index is -1.43. The summed E-state index contributed by atoms with van der Waals surface area (Å²) in [6, 6.07) is 0.